The maximum Gasteiger partial charge on any atom is 0.164 e. The maximum absolute atomic E-state index is 9.14. The molecule has 8 aromatic carbocycles. The number of nitrogens with zero attached hydrogens (tertiary/aromatic N) is 4. The molecule has 0 saturated carbocycles. The lowest BCUT2D eigenvalue weighted by Crippen LogP contribution is -2.01. The number of hydrogen-bond acceptors (Lipinski definition) is 3. The van der Waals surface area contributed by atoms with Crippen LogP contribution in [0.4, 0.5) is 0 Å². The van der Waals surface area contributed by atoms with Crippen molar-refractivity contribution >= 4 is 32.6 Å². The zero-order chi connectivity index (χ0) is 40.4. The van der Waals surface area contributed by atoms with E-state index in [4.69, 9.17) is 23.2 Å². The predicted octanol–water partition coefficient (Wildman–Crippen LogP) is 12.5. The molecule has 0 aliphatic heterocycles. The summed E-state index contributed by atoms with van der Waals surface area (Å²) in [7, 11) is 0. The third-order valence-corrected chi connectivity index (χ3v) is 9.58. The summed E-state index contributed by atoms with van der Waals surface area (Å²) in [6.45, 7) is 0. The summed E-state index contributed by atoms with van der Waals surface area (Å²) in [5.74, 6) is 1.38. The molecule has 4 heteroatoms. The first-order chi connectivity index (χ1) is 28.7. The lowest BCUT2D eigenvalue weighted by molar-refractivity contribution is 1.07. The van der Waals surface area contributed by atoms with Crippen LogP contribution in [0, 0.1) is 0 Å². The van der Waals surface area contributed by atoms with Gasteiger partial charge in [0.2, 0.25) is 0 Å². The average molecular weight is 683 g/mol. The van der Waals surface area contributed by atoms with Crippen LogP contribution in [-0.2, 0) is 0 Å². The van der Waals surface area contributed by atoms with Gasteiger partial charge in [-0.05, 0) is 63.3 Å². The largest absolute Gasteiger partial charge is 0.309 e. The van der Waals surface area contributed by atoms with Gasteiger partial charge in [-0.3, -0.25) is 0 Å². The fourth-order valence-corrected chi connectivity index (χ4v) is 7.07. The molecule has 0 aliphatic carbocycles. The van der Waals surface area contributed by atoms with Crippen LogP contribution in [0.15, 0.2) is 194 Å². The van der Waals surface area contributed by atoms with Crippen molar-refractivity contribution in [2.75, 3.05) is 0 Å². The highest BCUT2D eigenvalue weighted by molar-refractivity contribution is 6.09. The molecule has 0 atom stereocenters. The SMILES string of the molecule is [2H]c1cc([2H])c2c(c1[2H])c1c([2H])c([2H])cc([2H])c1n2-c1cc(-c2ccc(-c3cccc4ccccc34)cc2)cc(-c2nc(-c3ccccc3)nc(-c3ccccc3)n2)c1. The number of para-hydroxylation sites is 2. The second-order valence-corrected chi connectivity index (χ2v) is 12.8. The Morgan fingerprint density at radius 3 is 1.55 bits per heavy atom. The summed E-state index contributed by atoms with van der Waals surface area (Å²) in [5, 5.41) is 2.69. The molecule has 10 aromatic rings. The van der Waals surface area contributed by atoms with E-state index in [0.29, 0.717) is 28.7 Å². The Morgan fingerprint density at radius 2 is 0.906 bits per heavy atom. The van der Waals surface area contributed by atoms with E-state index in [1.807, 2.05) is 91.0 Å². The molecular formula is C49H32N4. The maximum atomic E-state index is 9.14. The van der Waals surface area contributed by atoms with E-state index in [1.54, 1.807) is 4.57 Å². The van der Waals surface area contributed by atoms with Crippen LogP contribution in [0.1, 0.15) is 8.22 Å². The van der Waals surface area contributed by atoms with Crippen molar-refractivity contribution in [3.63, 3.8) is 0 Å². The van der Waals surface area contributed by atoms with Crippen LogP contribution in [0.2, 0.25) is 0 Å². The minimum absolute atomic E-state index is 0.0354. The Morgan fingerprint density at radius 1 is 0.377 bits per heavy atom. The van der Waals surface area contributed by atoms with E-state index >= 15 is 0 Å². The molecule has 0 fully saturated rings. The molecule has 0 amide bonds. The topological polar surface area (TPSA) is 43.6 Å². The number of fused-ring (bicyclic) bond motifs is 4. The van der Waals surface area contributed by atoms with E-state index in [9.17, 15) is 0 Å². The van der Waals surface area contributed by atoms with Gasteiger partial charge in [0, 0.05) is 33.2 Å². The van der Waals surface area contributed by atoms with Crippen LogP contribution in [0.25, 0.3) is 94.7 Å². The molecule has 53 heavy (non-hydrogen) atoms. The smallest absolute Gasteiger partial charge is 0.164 e. The summed E-state index contributed by atoms with van der Waals surface area (Å²) in [6.07, 6.45) is 0. The Labute approximate surface area is 315 Å². The molecule has 4 nitrogen and oxygen atoms in total. The average Bonchev–Trinajstić information content (AvgIpc) is 3.66. The van der Waals surface area contributed by atoms with Gasteiger partial charge in [-0.2, -0.15) is 0 Å². The fourth-order valence-electron chi connectivity index (χ4n) is 7.07. The van der Waals surface area contributed by atoms with E-state index in [2.05, 4.69) is 54.6 Å². The molecule has 2 aromatic heterocycles. The molecule has 0 aliphatic rings. The molecule has 0 bridgehead atoms. The number of rotatable bonds is 6. The van der Waals surface area contributed by atoms with Gasteiger partial charge in [-0.25, -0.2) is 15.0 Å². The second kappa shape index (κ2) is 12.9. The summed E-state index contributed by atoms with van der Waals surface area (Å²) < 4.78 is 55.0. The zero-order valence-electron chi connectivity index (χ0n) is 34.3. The molecule has 0 saturated heterocycles. The van der Waals surface area contributed by atoms with E-state index in [-0.39, 0.29) is 58.1 Å². The Hall–Kier alpha value is -7.17. The first-order valence-electron chi connectivity index (χ1n) is 20.4. The molecule has 0 N–H and O–H groups in total. The highest BCUT2D eigenvalue weighted by Gasteiger charge is 2.17. The molecule has 10 rings (SSSR count). The monoisotopic (exact) mass is 682 g/mol. The van der Waals surface area contributed by atoms with Crippen LogP contribution < -0.4 is 0 Å². The Kier molecular flexibility index (Phi) is 6.04. The third-order valence-electron chi connectivity index (χ3n) is 9.58. The lowest BCUT2D eigenvalue weighted by atomic mass is 9.95. The van der Waals surface area contributed by atoms with Gasteiger partial charge in [-0.15, -0.1) is 0 Å². The number of aromatic nitrogens is 4. The zero-order valence-corrected chi connectivity index (χ0v) is 28.3. The first kappa shape index (κ1) is 24.9. The van der Waals surface area contributed by atoms with Crippen molar-refractivity contribution < 1.29 is 8.22 Å². The van der Waals surface area contributed by atoms with Crippen LogP contribution in [0.3, 0.4) is 0 Å². The van der Waals surface area contributed by atoms with Gasteiger partial charge < -0.3 is 4.57 Å². The van der Waals surface area contributed by atoms with Crippen LogP contribution in [-0.4, -0.2) is 19.5 Å². The van der Waals surface area contributed by atoms with Gasteiger partial charge in [0.1, 0.15) is 0 Å². The molecular weight excluding hydrogens is 645 g/mol. The molecule has 0 radical (unpaired) electrons. The Bertz CT molecular complexity index is 3140. The van der Waals surface area contributed by atoms with Crippen molar-refractivity contribution in [1.29, 1.82) is 0 Å². The van der Waals surface area contributed by atoms with Gasteiger partial charge >= 0.3 is 0 Å². The summed E-state index contributed by atoms with van der Waals surface area (Å²) >= 11 is 0. The van der Waals surface area contributed by atoms with Crippen LogP contribution >= 0.6 is 0 Å². The molecule has 0 spiro atoms. The quantitative estimate of drug-likeness (QED) is 0.175. The van der Waals surface area contributed by atoms with Crippen molar-refractivity contribution in [2.45, 2.75) is 0 Å². The van der Waals surface area contributed by atoms with E-state index in [0.717, 1.165) is 44.2 Å². The van der Waals surface area contributed by atoms with Gasteiger partial charge in [0.25, 0.3) is 0 Å². The molecule has 0 unspecified atom stereocenters. The lowest BCUT2D eigenvalue weighted by Gasteiger charge is -2.15. The van der Waals surface area contributed by atoms with Crippen molar-refractivity contribution in [2.24, 2.45) is 0 Å². The summed E-state index contributed by atoms with van der Waals surface area (Å²) in [6, 6.07) is 50.1. The standard InChI is InChI=1S/C49H32N4/c1-3-15-36(16-4-1)47-50-48(37-17-5-2-6-18-37)52-49(51-47)39-30-38(33-26-28-35(29-27-33)42-23-13-19-34-14-7-8-20-41(34)42)31-40(32-39)53-45-24-11-9-21-43(45)44-22-10-12-25-46(44)53/h1-32H/i9D,10D,21D,22D,24D,25D. The molecule has 2 heterocycles. The summed E-state index contributed by atoms with van der Waals surface area (Å²) in [5.41, 5.74) is 7.21. The number of hydrogen-bond donors (Lipinski definition) is 0. The highest BCUT2D eigenvalue weighted by Crippen LogP contribution is 2.37. The fraction of sp³-hybridized carbons (Fsp3) is 0. The first-order valence-corrected chi connectivity index (χ1v) is 17.4. The van der Waals surface area contributed by atoms with Gasteiger partial charge in [-0.1, -0.05) is 164 Å². The van der Waals surface area contributed by atoms with Crippen molar-refractivity contribution in [3.8, 4) is 62.1 Å². The van der Waals surface area contributed by atoms with Gasteiger partial charge in [0.05, 0.1) is 19.3 Å². The van der Waals surface area contributed by atoms with Crippen molar-refractivity contribution in [1.82, 2.24) is 19.5 Å². The second-order valence-electron chi connectivity index (χ2n) is 12.8. The minimum Gasteiger partial charge on any atom is -0.309 e. The summed E-state index contributed by atoms with van der Waals surface area (Å²) in [4.78, 5) is 15.0. The normalized spacial score (nSPS) is 13.0. The third kappa shape index (κ3) is 5.54. The van der Waals surface area contributed by atoms with E-state index < -0.39 is 0 Å². The van der Waals surface area contributed by atoms with Crippen molar-refractivity contribution in [3.05, 3.63) is 194 Å². The van der Waals surface area contributed by atoms with Gasteiger partial charge in [0.15, 0.2) is 17.5 Å². The predicted molar refractivity (Wildman–Crippen MR) is 219 cm³/mol. The number of benzene rings is 8. The minimum atomic E-state index is -0.171. The van der Waals surface area contributed by atoms with Crippen LogP contribution in [0.5, 0.6) is 0 Å². The molecule has 248 valence electrons. The highest BCUT2D eigenvalue weighted by atomic mass is 15.0. The van der Waals surface area contributed by atoms with E-state index in [1.165, 1.54) is 12.1 Å². The Balaban J connectivity index is 1.26.